The highest BCUT2D eigenvalue weighted by Crippen LogP contribution is 2.33. The number of aromatic hydroxyl groups is 1. The Morgan fingerprint density at radius 1 is 1.17 bits per heavy atom. The van der Waals surface area contributed by atoms with Gasteiger partial charge in [-0.15, -0.1) is 0 Å². The Morgan fingerprint density at radius 3 is 2.13 bits per heavy atom. The summed E-state index contributed by atoms with van der Waals surface area (Å²) in [5.41, 5.74) is -0.626. The van der Waals surface area contributed by atoms with E-state index in [4.69, 9.17) is 0 Å². The van der Waals surface area contributed by atoms with Gasteiger partial charge in [0.25, 0.3) is 0 Å². The highest BCUT2D eigenvalue weighted by molar-refractivity contribution is 5.95. The molecule has 0 aliphatic carbocycles. The predicted octanol–water partition coefficient (Wildman–Crippen LogP) is 2.28. The third-order valence-corrected chi connectivity index (χ3v) is 5.18. The van der Waals surface area contributed by atoms with E-state index >= 15 is 0 Å². The number of halogens is 1. The van der Waals surface area contributed by atoms with Crippen molar-refractivity contribution in [2.75, 3.05) is 27.2 Å². The zero-order valence-electron chi connectivity index (χ0n) is 18.0. The fourth-order valence-electron chi connectivity index (χ4n) is 3.75. The molecule has 1 aliphatic rings. The second-order valence-corrected chi connectivity index (χ2v) is 8.74. The largest absolute Gasteiger partial charge is 0.508 e. The smallest absolute Gasteiger partial charge is 0.408 e. The predicted molar refractivity (Wildman–Crippen MR) is 109 cm³/mol. The second-order valence-electron chi connectivity index (χ2n) is 8.74. The first kappa shape index (κ1) is 23.4. The van der Waals surface area contributed by atoms with Crippen LogP contribution in [-0.4, -0.2) is 87.8 Å². The van der Waals surface area contributed by atoms with Gasteiger partial charge in [-0.3, -0.25) is 14.5 Å². The highest BCUT2D eigenvalue weighted by Gasteiger charge is 2.48. The lowest BCUT2D eigenvalue weighted by Crippen LogP contribution is -2.61. The number of carbonyl (C=O) groups excluding carboxylic acids is 2. The van der Waals surface area contributed by atoms with E-state index in [9.17, 15) is 29.0 Å². The normalized spacial score (nSPS) is 18.6. The van der Waals surface area contributed by atoms with E-state index < -0.39 is 41.6 Å². The van der Waals surface area contributed by atoms with Crippen LogP contribution in [0.3, 0.4) is 0 Å². The molecule has 1 saturated heterocycles. The molecule has 2 N–H and O–H groups in total. The Kier molecular flexibility index (Phi) is 6.95. The number of amides is 3. The fourth-order valence-corrected chi connectivity index (χ4v) is 3.75. The molecule has 9 heteroatoms. The van der Waals surface area contributed by atoms with Gasteiger partial charge in [0.2, 0.25) is 11.8 Å². The molecule has 1 aromatic rings. The molecule has 0 unspecified atom stereocenters. The van der Waals surface area contributed by atoms with Gasteiger partial charge < -0.3 is 20.0 Å². The van der Waals surface area contributed by atoms with E-state index in [1.54, 1.807) is 20.8 Å². The van der Waals surface area contributed by atoms with Crippen LogP contribution in [0.15, 0.2) is 24.3 Å². The minimum atomic E-state index is -1.40. The Hall–Kier alpha value is -2.84. The van der Waals surface area contributed by atoms with Crippen LogP contribution in [0, 0.1) is 0 Å². The van der Waals surface area contributed by atoms with Crippen molar-refractivity contribution in [1.29, 1.82) is 0 Å². The summed E-state index contributed by atoms with van der Waals surface area (Å²) in [5, 5.41) is 19.6. The topological polar surface area (TPSA) is 101 Å². The molecule has 0 spiro atoms. The zero-order chi connectivity index (χ0) is 22.8. The summed E-state index contributed by atoms with van der Waals surface area (Å²) in [4.78, 5) is 42.6. The number of benzene rings is 1. The van der Waals surface area contributed by atoms with Gasteiger partial charge in [-0.05, 0) is 44.9 Å². The first-order valence-corrected chi connectivity index (χ1v) is 9.79. The number of rotatable bonds is 5. The van der Waals surface area contributed by atoms with Crippen molar-refractivity contribution in [1.82, 2.24) is 14.7 Å². The fraction of sp³-hybridized carbons (Fsp3) is 0.571. The van der Waals surface area contributed by atoms with Crippen LogP contribution < -0.4 is 0 Å². The summed E-state index contributed by atoms with van der Waals surface area (Å²) in [7, 11) is 3.04. The maximum absolute atomic E-state index is 13.8. The minimum absolute atomic E-state index is 0.0246. The molecule has 8 nitrogen and oxygen atoms in total. The van der Waals surface area contributed by atoms with Crippen LogP contribution in [0.25, 0.3) is 0 Å². The van der Waals surface area contributed by atoms with Gasteiger partial charge in [0.1, 0.15) is 18.0 Å². The highest BCUT2D eigenvalue weighted by atomic mass is 19.1. The summed E-state index contributed by atoms with van der Waals surface area (Å²) < 4.78 is 13.8. The molecule has 30 heavy (non-hydrogen) atoms. The molecule has 3 amide bonds. The van der Waals surface area contributed by atoms with Crippen LogP contribution in [0.2, 0.25) is 0 Å². The average molecular weight is 423 g/mol. The molecule has 0 bridgehead atoms. The van der Waals surface area contributed by atoms with Crippen LogP contribution in [0.4, 0.5) is 9.18 Å². The number of carbonyl (C=O) groups is 3. The summed E-state index contributed by atoms with van der Waals surface area (Å²) >= 11 is 0. The van der Waals surface area contributed by atoms with E-state index in [1.165, 1.54) is 48.2 Å². The van der Waals surface area contributed by atoms with Gasteiger partial charge in [0, 0.05) is 26.2 Å². The summed E-state index contributed by atoms with van der Waals surface area (Å²) in [6, 6.07) is 4.34. The van der Waals surface area contributed by atoms with Crippen molar-refractivity contribution in [2.24, 2.45) is 0 Å². The van der Waals surface area contributed by atoms with Crippen molar-refractivity contribution < 1.29 is 29.0 Å². The molecular weight excluding hydrogens is 393 g/mol. The van der Waals surface area contributed by atoms with Crippen molar-refractivity contribution in [3.8, 4) is 5.75 Å². The first-order valence-electron chi connectivity index (χ1n) is 9.79. The number of carboxylic acid groups (broad SMARTS) is 1. The Morgan fingerprint density at radius 2 is 1.73 bits per heavy atom. The van der Waals surface area contributed by atoms with Gasteiger partial charge in [0.15, 0.2) is 0 Å². The Labute approximate surface area is 175 Å². The minimum Gasteiger partial charge on any atom is -0.508 e. The molecule has 0 aromatic heterocycles. The Bertz CT molecular complexity index is 791. The monoisotopic (exact) mass is 423 g/mol. The molecule has 3 atom stereocenters. The lowest BCUT2D eigenvalue weighted by molar-refractivity contribution is -0.144. The molecule has 166 valence electrons. The van der Waals surface area contributed by atoms with Gasteiger partial charge in [-0.2, -0.15) is 0 Å². The molecule has 2 rings (SSSR count). The SMILES string of the molecule is CN(C)C(=O)[C@H](c1ccc(O)cc1)[C@@H](C(=O)N1CC[C@H](F)C1)N(C(=O)O)C(C)(C)C. The van der Waals surface area contributed by atoms with Crippen LogP contribution in [0.1, 0.15) is 38.7 Å². The zero-order valence-corrected chi connectivity index (χ0v) is 18.0. The molecule has 1 fully saturated rings. The third-order valence-electron chi connectivity index (χ3n) is 5.18. The van der Waals surface area contributed by atoms with Crippen LogP contribution >= 0.6 is 0 Å². The third kappa shape index (κ3) is 5.01. The number of likely N-dealkylation sites (tertiary alicyclic amines) is 1. The number of likely N-dealkylation sites (N-methyl/N-ethyl adjacent to an activating group) is 1. The second kappa shape index (κ2) is 8.89. The quantitative estimate of drug-likeness (QED) is 0.757. The summed E-state index contributed by atoms with van der Waals surface area (Å²) in [6.07, 6.45) is -2.36. The van der Waals surface area contributed by atoms with Gasteiger partial charge in [0.05, 0.1) is 12.5 Å². The molecular formula is C21H30FN3O5. The van der Waals surface area contributed by atoms with E-state index in [1.807, 2.05) is 0 Å². The molecule has 1 aromatic carbocycles. The summed E-state index contributed by atoms with van der Waals surface area (Å²) in [5.74, 6) is -2.27. The van der Waals surface area contributed by atoms with Gasteiger partial charge in [-0.1, -0.05) is 12.1 Å². The molecule has 1 heterocycles. The van der Waals surface area contributed by atoms with Crippen molar-refractivity contribution in [2.45, 2.75) is 50.9 Å². The number of phenols is 1. The number of hydrogen-bond donors (Lipinski definition) is 2. The lowest BCUT2D eigenvalue weighted by Gasteiger charge is -2.43. The van der Waals surface area contributed by atoms with E-state index in [2.05, 4.69) is 0 Å². The van der Waals surface area contributed by atoms with E-state index in [-0.39, 0.29) is 25.3 Å². The standard InChI is InChI=1S/C21H30FN3O5/c1-21(2,3)25(20(29)30)17(19(28)24-11-10-14(22)12-24)16(18(27)23(4)5)13-6-8-15(26)9-7-13/h6-9,14,16-17,26H,10-12H2,1-5H3,(H,29,30)/t14-,16+,17-/m0/s1. The maximum atomic E-state index is 13.8. The van der Waals surface area contributed by atoms with Crippen molar-refractivity contribution in [3.05, 3.63) is 29.8 Å². The first-order chi connectivity index (χ1) is 13.8. The number of alkyl halides is 1. The van der Waals surface area contributed by atoms with Gasteiger partial charge in [-0.25, -0.2) is 9.18 Å². The maximum Gasteiger partial charge on any atom is 0.408 e. The molecule has 1 aliphatic heterocycles. The number of hydrogen-bond acceptors (Lipinski definition) is 4. The summed E-state index contributed by atoms with van der Waals surface area (Å²) in [6.45, 7) is 4.93. The Balaban J connectivity index is 2.67. The van der Waals surface area contributed by atoms with Crippen molar-refractivity contribution in [3.63, 3.8) is 0 Å². The van der Waals surface area contributed by atoms with Crippen LogP contribution in [0.5, 0.6) is 5.75 Å². The molecule has 0 radical (unpaired) electrons. The number of phenolic OH excluding ortho intramolecular Hbond substituents is 1. The average Bonchev–Trinajstić information content (AvgIpc) is 3.06. The van der Waals surface area contributed by atoms with Gasteiger partial charge >= 0.3 is 6.09 Å². The molecule has 0 saturated carbocycles. The van der Waals surface area contributed by atoms with E-state index in [0.717, 1.165) is 4.90 Å². The van der Waals surface area contributed by atoms with Crippen molar-refractivity contribution >= 4 is 17.9 Å². The number of nitrogens with zero attached hydrogens (tertiary/aromatic N) is 3. The lowest BCUT2D eigenvalue weighted by atomic mass is 9.86. The van der Waals surface area contributed by atoms with E-state index in [0.29, 0.717) is 5.56 Å². The van der Waals surface area contributed by atoms with Crippen LogP contribution in [-0.2, 0) is 9.59 Å².